The Kier molecular flexibility index (Phi) is 5.37. The van der Waals surface area contributed by atoms with Gasteiger partial charge < -0.3 is 14.7 Å². The molecular formula is C22H27ClN3O+. The lowest BCUT2D eigenvalue weighted by atomic mass is 10.00. The zero-order chi connectivity index (χ0) is 18.8. The molecule has 0 bridgehead atoms. The van der Waals surface area contributed by atoms with E-state index in [4.69, 9.17) is 11.6 Å². The second kappa shape index (κ2) is 7.91. The SMILES string of the molecule is Cc1ccc(Cl)cc1N1CC[NH+](CC(=O)N2CCc3ccccc3C2)CC1. The molecule has 27 heavy (non-hydrogen) atoms. The number of quaternary nitrogens is 1. The lowest BCUT2D eigenvalue weighted by Crippen LogP contribution is -3.15. The third-order valence-corrected chi connectivity index (χ3v) is 6.10. The summed E-state index contributed by atoms with van der Waals surface area (Å²) < 4.78 is 0. The molecule has 142 valence electrons. The predicted molar refractivity (Wildman–Crippen MR) is 110 cm³/mol. The molecule has 1 saturated heterocycles. The summed E-state index contributed by atoms with van der Waals surface area (Å²) in [6, 6.07) is 14.5. The van der Waals surface area contributed by atoms with E-state index in [0.717, 1.165) is 50.7 Å². The Labute approximate surface area is 166 Å². The van der Waals surface area contributed by atoms with Gasteiger partial charge in [-0.15, -0.1) is 0 Å². The van der Waals surface area contributed by atoms with E-state index in [1.165, 1.54) is 27.3 Å². The van der Waals surface area contributed by atoms with Crippen LogP contribution in [0.5, 0.6) is 0 Å². The fourth-order valence-corrected chi connectivity index (χ4v) is 4.36. The van der Waals surface area contributed by atoms with E-state index in [1.54, 1.807) is 0 Å². The first-order valence-electron chi connectivity index (χ1n) is 9.79. The van der Waals surface area contributed by atoms with Crippen LogP contribution in [0, 0.1) is 6.92 Å². The number of amides is 1. The van der Waals surface area contributed by atoms with Crippen molar-refractivity contribution in [1.29, 1.82) is 0 Å². The molecule has 2 aromatic carbocycles. The summed E-state index contributed by atoms with van der Waals surface area (Å²) in [5.41, 5.74) is 5.17. The van der Waals surface area contributed by atoms with E-state index in [2.05, 4.69) is 48.2 Å². The normalized spacial score (nSPS) is 17.7. The highest BCUT2D eigenvalue weighted by Crippen LogP contribution is 2.24. The number of anilines is 1. The van der Waals surface area contributed by atoms with Crippen LogP contribution in [0.25, 0.3) is 0 Å². The fraction of sp³-hybridized carbons (Fsp3) is 0.409. The fourth-order valence-electron chi connectivity index (χ4n) is 4.20. The topological polar surface area (TPSA) is 28.0 Å². The summed E-state index contributed by atoms with van der Waals surface area (Å²) in [5.74, 6) is 0.284. The first kappa shape index (κ1) is 18.3. The molecule has 5 heteroatoms. The zero-order valence-electron chi connectivity index (χ0n) is 15.9. The van der Waals surface area contributed by atoms with Crippen molar-refractivity contribution in [2.75, 3.05) is 44.2 Å². The molecule has 2 aliphatic heterocycles. The van der Waals surface area contributed by atoms with E-state index >= 15 is 0 Å². The number of rotatable bonds is 3. The van der Waals surface area contributed by atoms with Crippen LogP contribution < -0.4 is 9.80 Å². The van der Waals surface area contributed by atoms with Gasteiger partial charge in [-0.25, -0.2) is 0 Å². The summed E-state index contributed by atoms with van der Waals surface area (Å²) in [5, 5.41) is 0.783. The third-order valence-electron chi connectivity index (χ3n) is 5.87. The molecule has 1 fully saturated rings. The van der Waals surface area contributed by atoms with Crippen LogP contribution in [-0.4, -0.2) is 50.1 Å². The first-order chi connectivity index (χ1) is 13.1. The van der Waals surface area contributed by atoms with Crippen molar-refractivity contribution in [3.63, 3.8) is 0 Å². The molecular weight excluding hydrogens is 358 g/mol. The van der Waals surface area contributed by atoms with Crippen LogP contribution in [0.3, 0.4) is 0 Å². The highest BCUT2D eigenvalue weighted by molar-refractivity contribution is 6.30. The lowest BCUT2D eigenvalue weighted by Gasteiger charge is -2.35. The number of hydrogen-bond donors (Lipinski definition) is 1. The number of carbonyl (C=O) groups is 1. The van der Waals surface area contributed by atoms with Gasteiger partial charge in [0, 0.05) is 23.8 Å². The number of fused-ring (bicyclic) bond motifs is 1. The minimum Gasteiger partial charge on any atom is -0.360 e. The Bertz CT molecular complexity index is 830. The molecule has 0 aromatic heterocycles. The first-order valence-corrected chi connectivity index (χ1v) is 10.2. The molecule has 1 amide bonds. The zero-order valence-corrected chi connectivity index (χ0v) is 16.6. The van der Waals surface area contributed by atoms with Crippen molar-refractivity contribution < 1.29 is 9.69 Å². The Balaban J connectivity index is 1.32. The van der Waals surface area contributed by atoms with Gasteiger partial charge in [-0.2, -0.15) is 0 Å². The second-order valence-corrected chi connectivity index (χ2v) is 8.12. The standard InChI is InChI=1S/C22H26ClN3O/c1-17-6-7-20(23)14-21(17)25-12-10-24(11-13-25)16-22(27)26-9-8-18-4-2-3-5-19(18)15-26/h2-7,14H,8-13,15-16H2,1H3/p+1. The predicted octanol–water partition coefficient (Wildman–Crippen LogP) is 1.94. The number of hydrogen-bond acceptors (Lipinski definition) is 2. The monoisotopic (exact) mass is 384 g/mol. The van der Waals surface area contributed by atoms with Crippen molar-refractivity contribution in [3.8, 4) is 0 Å². The van der Waals surface area contributed by atoms with E-state index in [1.807, 2.05) is 11.0 Å². The van der Waals surface area contributed by atoms with Gasteiger partial charge in [0.25, 0.3) is 5.91 Å². The number of piperazine rings is 1. The van der Waals surface area contributed by atoms with Crippen LogP contribution >= 0.6 is 11.6 Å². The van der Waals surface area contributed by atoms with Crippen molar-refractivity contribution in [2.24, 2.45) is 0 Å². The van der Waals surface area contributed by atoms with Gasteiger partial charge in [0.05, 0.1) is 26.2 Å². The van der Waals surface area contributed by atoms with Gasteiger partial charge in [-0.3, -0.25) is 4.79 Å². The average Bonchev–Trinajstić information content (AvgIpc) is 2.70. The average molecular weight is 385 g/mol. The minimum absolute atomic E-state index is 0.284. The maximum atomic E-state index is 12.8. The van der Waals surface area contributed by atoms with Crippen LogP contribution in [0.4, 0.5) is 5.69 Å². The molecule has 0 unspecified atom stereocenters. The van der Waals surface area contributed by atoms with E-state index in [0.29, 0.717) is 6.54 Å². The van der Waals surface area contributed by atoms with Gasteiger partial charge in [0.15, 0.2) is 6.54 Å². The summed E-state index contributed by atoms with van der Waals surface area (Å²) >= 11 is 6.17. The van der Waals surface area contributed by atoms with Gasteiger partial charge in [-0.1, -0.05) is 41.9 Å². The van der Waals surface area contributed by atoms with Crippen LogP contribution in [0.15, 0.2) is 42.5 Å². The van der Waals surface area contributed by atoms with Crippen molar-refractivity contribution >= 4 is 23.2 Å². The molecule has 4 nitrogen and oxygen atoms in total. The van der Waals surface area contributed by atoms with E-state index in [-0.39, 0.29) is 5.91 Å². The molecule has 2 heterocycles. The Morgan fingerprint density at radius 2 is 1.81 bits per heavy atom. The van der Waals surface area contributed by atoms with Crippen LogP contribution in [0.1, 0.15) is 16.7 Å². The highest BCUT2D eigenvalue weighted by Gasteiger charge is 2.27. The molecule has 1 N–H and O–H groups in total. The molecule has 0 spiro atoms. The molecule has 0 radical (unpaired) electrons. The molecule has 0 atom stereocenters. The quantitative estimate of drug-likeness (QED) is 0.875. The van der Waals surface area contributed by atoms with Crippen molar-refractivity contribution in [2.45, 2.75) is 19.9 Å². The van der Waals surface area contributed by atoms with Crippen molar-refractivity contribution in [1.82, 2.24) is 4.90 Å². The number of nitrogens with zero attached hydrogens (tertiary/aromatic N) is 2. The van der Waals surface area contributed by atoms with E-state index in [9.17, 15) is 4.79 Å². The Morgan fingerprint density at radius 3 is 2.59 bits per heavy atom. The molecule has 0 aliphatic carbocycles. The maximum Gasteiger partial charge on any atom is 0.278 e. The maximum absolute atomic E-state index is 12.8. The Morgan fingerprint density at radius 1 is 1.07 bits per heavy atom. The van der Waals surface area contributed by atoms with Gasteiger partial charge in [-0.05, 0) is 42.2 Å². The number of nitrogens with one attached hydrogen (secondary N) is 1. The number of halogens is 1. The van der Waals surface area contributed by atoms with E-state index < -0.39 is 0 Å². The number of carbonyl (C=O) groups excluding carboxylic acids is 1. The largest absolute Gasteiger partial charge is 0.360 e. The number of aryl methyl sites for hydroxylation is 1. The highest BCUT2D eigenvalue weighted by atomic mass is 35.5. The van der Waals surface area contributed by atoms with Gasteiger partial charge in [0.1, 0.15) is 0 Å². The molecule has 2 aromatic rings. The van der Waals surface area contributed by atoms with Crippen LogP contribution in [0.2, 0.25) is 5.02 Å². The number of benzene rings is 2. The lowest BCUT2D eigenvalue weighted by molar-refractivity contribution is -0.892. The summed E-state index contributed by atoms with van der Waals surface area (Å²) in [6.07, 6.45) is 0.971. The summed E-state index contributed by atoms with van der Waals surface area (Å²) in [4.78, 5) is 18.6. The Hall–Kier alpha value is -2.04. The summed E-state index contributed by atoms with van der Waals surface area (Å²) in [7, 11) is 0. The minimum atomic E-state index is 0.284. The second-order valence-electron chi connectivity index (χ2n) is 7.68. The van der Waals surface area contributed by atoms with Crippen LogP contribution in [-0.2, 0) is 17.8 Å². The molecule has 4 rings (SSSR count). The third kappa shape index (κ3) is 4.12. The van der Waals surface area contributed by atoms with Gasteiger partial charge >= 0.3 is 0 Å². The molecule has 0 saturated carbocycles. The molecule has 2 aliphatic rings. The van der Waals surface area contributed by atoms with Gasteiger partial charge in [0.2, 0.25) is 0 Å². The van der Waals surface area contributed by atoms with Crippen molar-refractivity contribution in [3.05, 3.63) is 64.2 Å². The summed E-state index contributed by atoms with van der Waals surface area (Å²) in [6.45, 7) is 8.24. The smallest absolute Gasteiger partial charge is 0.278 e.